The van der Waals surface area contributed by atoms with Crippen molar-refractivity contribution in [3.05, 3.63) is 65.7 Å². The van der Waals surface area contributed by atoms with Gasteiger partial charge in [0.1, 0.15) is 5.75 Å². The lowest BCUT2D eigenvalue weighted by molar-refractivity contribution is -0.152. The normalized spacial score (nSPS) is 21.3. The number of carbonyl (C=O) groups excluding carboxylic acids is 3. The molecular weight excluding hydrogens is 320 g/mol. The molecule has 1 aliphatic carbocycles. The fourth-order valence-corrected chi connectivity index (χ4v) is 3.24. The van der Waals surface area contributed by atoms with Crippen LogP contribution in [0, 0.1) is 11.8 Å². The lowest BCUT2D eigenvalue weighted by Gasteiger charge is -2.03. The summed E-state index contributed by atoms with van der Waals surface area (Å²) < 4.78 is 9.64. The van der Waals surface area contributed by atoms with Gasteiger partial charge in [-0.25, -0.2) is 4.79 Å². The molecule has 2 aromatic carbocycles. The molecule has 5 heteroatoms. The smallest absolute Gasteiger partial charge is 0.374 e. The van der Waals surface area contributed by atoms with Crippen LogP contribution < -0.4 is 4.74 Å². The van der Waals surface area contributed by atoms with Gasteiger partial charge in [0, 0.05) is 23.3 Å². The standard InChI is InChI=1S/C20H18O5/c1-24-14-10-8-13(9-11-14)18(21)16-15(12-6-4-3-5-7-12)17(16)19(22)20(23)25-2/h3-11,15-17H,1-2H3/t15-,16-,17+/m1/s1. The van der Waals surface area contributed by atoms with Crippen molar-refractivity contribution in [2.24, 2.45) is 11.8 Å². The molecule has 0 saturated heterocycles. The molecule has 1 aliphatic rings. The zero-order valence-corrected chi connectivity index (χ0v) is 14.0. The molecule has 0 amide bonds. The van der Waals surface area contributed by atoms with E-state index in [2.05, 4.69) is 4.74 Å². The van der Waals surface area contributed by atoms with E-state index < -0.39 is 23.6 Å². The molecule has 0 unspecified atom stereocenters. The van der Waals surface area contributed by atoms with Gasteiger partial charge in [-0.05, 0) is 29.8 Å². The first-order valence-corrected chi connectivity index (χ1v) is 7.94. The third kappa shape index (κ3) is 3.18. The fourth-order valence-electron chi connectivity index (χ4n) is 3.24. The topological polar surface area (TPSA) is 69.7 Å². The third-order valence-electron chi connectivity index (χ3n) is 4.57. The number of rotatable bonds is 6. The molecule has 0 radical (unpaired) electrons. The van der Waals surface area contributed by atoms with Crippen LogP contribution in [0.15, 0.2) is 54.6 Å². The van der Waals surface area contributed by atoms with Gasteiger partial charge in [0.05, 0.1) is 14.2 Å². The van der Waals surface area contributed by atoms with Gasteiger partial charge in [-0.1, -0.05) is 30.3 Å². The van der Waals surface area contributed by atoms with Gasteiger partial charge < -0.3 is 9.47 Å². The molecule has 25 heavy (non-hydrogen) atoms. The minimum Gasteiger partial charge on any atom is -0.497 e. The first kappa shape index (κ1) is 16.9. The molecule has 0 heterocycles. The minimum atomic E-state index is -0.907. The number of ketones is 2. The monoisotopic (exact) mass is 338 g/mol. The van der Waals surface area contributed by atoms with Crippen molar-refractivity contribution in [3.63, 3.8) is 0 Å². The molecule has 5 nitrogen and oxygen atoms in total. The van der Waals surface area contributed by atoms with E-state index in [1.54, 1.807) is 31.4 Å². The Morgan fingerprint density at radius 2 is 1.48 bits per heavy atom. The molecule has 1 fully saturated rings. The van der Waals surface area contributed by atoms with Gasteiger partial charge in [-0.3, -0.25) is 9.59 Å². The third-order valence-corrected chi connectivity index (χ3v) is 4.57. The lowest BCUT2D eigenvalue weighted by atomic mass is 10.0. The molecule has 3 rings (SSSR count). The Morgan fingerprint density at radius 3 is 2.04 bits per heavy atom. The van der Waals surface area contributed by atoms with E-state index in [1.807, 2.05) is 30.3 Å². The van der Waals surface area contributed by atoms with Crippen LogP contribution in [0.4, 0.5) is 0 Å². The molecule has 3 atom stereocenters. The Bertz CT molecular complexity index is 795. The summed E-state index contributed by atoms with van der Waals surface area (Å²) in [5, 5.41) is 0. The highest BCUT2D eigenvalue weighted by molar-refractivity contribution is 6.36. The maximum atomic E-state index is 12.9. The number of Topliss-reactive ketones (excluding diaryl/α,β-unsaturated/α-hetero) is 2. The van der Waals surface area contributed by atoms with Crippen LogP contribution in [0.2, 0.25) is 0 Å². The molecule has 0 aromatic heterocycles. The van der Waals surface area contributed by atoms with Crippen LogP contribution in [0.5, 0.6) is 5.75 Å². The average molecular weight is 338 g/mol. The summed E-state index contributed by atoms with van der Waals surface area (Å²) >= 11 is 0. The summed E-state index contributed by atoms with van der Waals surface area (Å²) in [4.78, 5) is 36.8. The van der Waals surface area contributed by atoms with E-state index in [9.17, 15) is 14.4 Å². The van der Waals surface area contributed by atoms with Crippen molar-refractivity contribution in [1.82, 2.24) is 0 Å². The van der Waals surface area contributed by atoms with Crippen molar-refractivity contribution in [2.75, 3.05) is 14.2 Å². The summed E-state index contributed by atoms with van der Waals surface area (Å²) in [7, 11) is 2.72. The molecular formula is C20H18O5. The first-order chi connectivity index (χ1) is 12.1. The van der Waals surface area contributed by atoms with Crippen LogP contribution >= 0.6 is 0 Å². The number of carbonyl (C=O) groups is 3. The maximum Gasteiger partial charge on any atom is 0.374 e. The van der Waals surface area contributed by atoms with E-state index in [0.717, 1.165) is 5.56 Å². The Labute approximate surface area is 145 Å². The number of hydrogen-bond acceptors (Lipinski definition) is 5. The highest BCUT2D eigenvalue weighted by Gasteiger charge is 2.60. The van der Waals surface area contributed by atoms with Gasteiger partial charge in [0.15, 0.2) is 5.78 Å². The number of ether oxygens (including phenoxy) is 2. The highest BCUT2D eigenvalue weighted by Crippen LogP contribution is 2.56. The Hall–Kier alpha value is -2.95. The number of hydrogen-bond donors (Lipinski definition) is 0. The highest BCUT2D eigenvalue weighted by atomic mass is 16.5. The summed E-state index contributed by atoms with van der Waals surface area (Å²) in [5.41, 5.74) is 1.36. The van der Waals surface area contributed by atoms with Crippen molar-refractivity contribution in [1.29, 1.82) is 0 Å². The molecule has 0 aliphatic heterocycles. The number of benzene rings is 2. The zero-order valence-electron chi connectivity index (χ0n) is 14.0. The predicted octanol–water partition coefficient (Wildman–Crippen LogP) is 2.65. The van der Waals surface area contributed by atoms with Crippen LogP contribution in [-0.2, 0) is 14.3 Å². The second-order valence-corrected chi connectivity index (χ2v) is 5.94. The second-order valence-electron chi connectivity index (χ2n) is 5.94. The van der Waals surface area contributed by atoms with Crippen molar-refractivity contribution in [2.45, 2.75) is 5.92 Å². The van der Waals surface area contributed by atoms with E-state index in [-0.39, 0.29) is 11.7 Å². The average Bonchev–Trinajstić information content (AvgIpc) is 3.42. The number of esters is 1. The van der Waals surface area contributed by atoms with Gasteiger partial charge in [0.25, 0.3) is 0 Å². The van der Waals surface area contributed by atoms with E-state index in [4.69, 9.17) is 4.74 Å². The molecule has 0 bridgehead atoms. The lowest BCUT2D eigenvalue weighted by Crippen LogP contribution is -2.20. The van der Waals surface area contributed by atoms with E-state index in [0.29, 0.717) is 11.3 Å². The largest absolute Gasteiger partial charge is 0.497 e. The summed E-state index contributed by atoms with van der Waals surface area (Å²) in [5.74, 6) is -2.60. The molecule has 1 saturated carbocycles. The number of methoxy groups -OCH3 is 2. The van der Waals surface area contributed by atoms with Crippen LogP contribution in [0.3, 0.4) is 0 Å². The fraction of sp³-hybridized carbons (Fsp3) is 0.250. The SMILES string of the molecule is COC(=O)C(=O)[C@@H]1[C@H](C(=O)c2ccc(OC)cc2)[C@H]1c1ccccc1. The minimum absolute atomic E-state index is 0.154. The van der Waals surface area contributed by atoms with E-state index in [1.165, 1.54) is 7.11 Å². The van der Waals surface area contributed by atoms with Crippen molar-refractivity contribution in [3.8, 4) is 5.75 Å². The van der Waals surface area contributed by atoms with Crippen LogP contribution in [0.1, 0.15) is 21.8 Å². The Kier molecular flexibility index (Phi) is 4.65. The molecule has 128 valence electrons. The molecule has 0 N–H and O–H groups in total. The summed E-state index contributed by atoms with van der Waals surface area (Å²) in [6, 6.07) is 16.0. The van der Waals surface area contributed by atoms with Gasteiger partial charge >= 0.3 is 5.97 Å². The Balaban J connectivity index is 1.89. The van der Waals surface area contributed by atoms with Crippen LogP contribution in [-0.4, -0.2) is 31.8 Å². The quantitative estimate of drug-likeness (QED) is 0.460. The van der Waals surface area contributed by atoms with Gasteiger partial charge in [-0.2, -0.15) is 0 Å². The summed E-state index contributed by atoms with van der Waals surface area (Å²) in [6.45, 7) is 0. The van der Waals surface area contributed by atoms with Crippen molar-refractivity contribution < 1.29 is 23.9 Å². The van der Waals surface area contributed by atoms with Gasteiger partial charge in [-0.15, -0.1) is 0 Å². The Morgan fingerprint density at radius 1 is 0.840 bits per heavy atom. The van der Waals surface area contributed by atoms with Crippen LogP contribution in [0.25, 0.3) is 0 Å². The molecule has 0 spiro atoms. The van der Waals surface area contributed by atoms with E-state index >= 15 is 0 Å². The van der Waals surface area contributed by atoms with Gasteiger partial charge in [0.2, 0.25) is 5.78 Å². The van der Waals surface area contributed by atoms with Crippen molar-refractivity contribution >= 4 is 17.5 Å². The molecule has 2 aromatic rings. The first-order valence-electron chi connectivity index (χ1n) is 7.94. The maximum absolute atomic E-state index is 12.9. The zero-order chi connectivity index (χ0) is 18.0. The predicted molar refractivity (Wildman–Crippen MR) is 90.5 cm³/mol. The second kappa shape index (κ2) is 6.89. The summed E-state index contributed by atoms with van der Waals surface area (Å²) in [6.07, 6.45) is 0.